The number of hydrogen-bond acceptors (Lipinski definition) is 4. The van der Waals surface area contributed by atoms with Gasteiger partial charge >= 0.3 is 5.97 Å². The smallest absolute Gasteiger partial charge is 0.337 e. The average molecular weight is 256 g/mol. The van der Waals surface area contributed by atoms with Gasteiger partial charge in [-0.2, -0.15) is 0 Å². The summed E-state index contributed by atoms with van der Waals surface area (Å²) in [6.45, 7) is 0. The highest BCUT2D eigenvalue weighted by Gasteiger charge is 2.24. The molecule has 5 nitrogen and oxygen atoms in total. The Morgan fingerprint density at radius 2 is 1.95 bits per heavy atom. The lowest BCUT2D eigenvalue weighted by molar-refractivity contribution is 0.0698. The summed E-state index contributed by atoms with van der Waals surface area (Å²) < 4.78 is 5.75. The topological polar surface area (TPSA) is 75.8 Å². The molecule has 3 rings (SSSR count). The molecule has 1 aliphatic rings. The molecule has 0 unspecified atom stereocenters. The van der Waals surface area contributed by atoms with E-state index in [4.69, 9.17) is 15.6 Å². The van der Waals surface area contributed by atoms with Gasteiger partial charge in [0.25, 0.3) is 0 Å². The first-order valence-corrected chi connectivity index (χ1v) is 5.75. The Bertz CT molecular complexity index is 682. The second-order valence-electron chi connectivity index (χ2n) is 4.34. The summed E-state index contributed by atoms with van der Waals surface area (Å²) in [6, 6.07) is 10.6. The van der Waals surface area contributed by atoms with Gasteiger partial charge in [-0.1, -0.05) is 12.1 Å². The molecule has 0 saturated carbocycles. The zero-order valence-electron chi connectivity index (χ0n) is 10.3. The highest BCUT2D eigenvalue weighted by atomic mass is 16.5. The number of carboxylic acid groups (broad SMARTS) is 1. The van der Waals surface area contributed by atoms with Gasteiger partial charge in [-0.25, -0.2) is 4.79 Å². The fraction of sp³-hybridized carbons (Fsp3) is 0.0714. The number of ether oxygens (including phenoxy) is 1. The molecule has 0 saturated heterocycles. The molecule has 0 spiro atoms. The van der Waals surface area contributed by atoms with Crippen LogP contribution in [-0.2, 0) is 0 Å². The first-order chi connectivity index (χ1) is 9.08. The summed E-state index contributed by atoms with van der Waals surface area (Å²) in [5.74, 6) is 0.233. The van der Waals surface area contributed by atoms with Crippen LogP contribution in [-0.4, -0.2) is 18.1 Å². The molecular formula is C14H12N2O3. The average Bonchev–Trinajstić information content (AvgIpc) is 2.38. The third-order valence-electron chi connectivity index (χ3n) is 3.17. The first kappa shape index (κ1) is 11.4. The molecule has 0 aromatic heterocycles. The highest BCUT2D eigenvalue weighted by Crippen LogP contribution is 2.46. The van der Waals surface area contributed by atoms with Crippen molar-refractivity contribution in [3.63, 3.8) is 0 Å². The number of carbonyl (C=O) groups is 1. The number of carboxylic acids is 1. The maximum absolute atomic E-state index is 11.1. The van der Waals surface area contributed by atoms with Gasteiger partial charge in [-0.05, 0) is 18.2 Å². The third kappa shape index (κ3) is 1.67. The minimum atomic E-state index is -1.05. The van der Waals surface area contributed by atoms with Crippen molar-refractivity contribution in [1.29, 1.82) is 0 Å². The maximum Gasteiger partial charge on any atom is 0.337 e. The summed E-state index contributed by atoms with van der Waals surface area (Å²) in [5.41, 5.74) is 7.57. The van der Waals surface area contributed by atoms with Crippen LogP contribution in [0.3, 0.4) is 0 Å². The zero-order chi connectivity index (χ0) is 13.6. The van der Waals surface area contributed by atoms with Crippen molar-refractivity contribution < 1.29 is 14.6 Å². The van der Waals surface area contributed by atoms with Gasteiger partial charge in [0, 0.05) is 18.8 Å². The summed E-state index contributed by atoms with van der Waals surface area (Å²) >= 11 is 0. The number of fused-ring (bicyclic) bond motifs is 2. The second-order valence-corrected chi connectivity index (χ2v) is 4.34. The lowest BCUT2D eigenvalue weighted by atomic mass is 10.1. The van der Waals surface area contributed by atoms with Gasteiger partial charge in [-0.15, -0.1) is 0 Å². The molecule has 1 heterocycles. The Kier molecular flexibility index (Phi) is 2.35. The predicted octanol–water partition coefficient (Wildman–Crippen LogP) is 2.84. The van der Waals surface area contributed by atoms with Crippen molar-refractivity contribution in [2.75, 3.05) is 17.7 Å². The van der Waals surface area contributed by atoms with Crippen LogP contribution in [0.4, 0.5) is 17.1 Å². The van der Waals surface area contributed by atoms with Crippen LogP contribution in [0, 0.1) is 0 Å². The number of rotatable bonds is 1. The number of nitrogens with two attached hydrogens (primary N) is 1. The van der Waals surface area contributed by atoms with Gasteiger partial charge in [0.1, 0.15) is 0 Å². The van der Waals surface area contributed by atoms with Crippen molar-refractivity contribution in [3.8, 4) is 11.5 Å². The third-order valence-corrected chi connectivity index (χ3v) is 3.17. The molecule has 1 aliphatic heterocycles. The van der Waals surface area contributed by atoms with Gasteiger partial charge in [0.05, 0.1) is 16.9 Å². The standard InChI is InChI=1S/C14H12N2O3/c1-16-10-4-2-3-5-12(10)19-13-7-9(15)8(14(17)18)6-11(13)16/h2-7H,15H2,1H3,(H,17,18). The summed E-state index contributed by atoms with van der Waals surface area (Å²) in [5, 5.41) is 9.11. The van der Waals surface area contributed by atoms with Crippen molar-refractivity contribution in [3.05, 3.63) is 42.0 Å². The van der Waals surface area contributed by atoms with Gasteiger partial charge < -0.3 is 20.5 Å². The van der Waals surface area contributed by atoms with E-state index in [9.17, 15) is 4.79 Å². The zero-order valence-corrected chi connectivity index (χ0v) is 10.3. The van der Waals surface area contributed by atoms with Crippen molar-refractivity contribution in [2.45, 2.75) is 0 Å². The molecule has 3 N–H and O–H groups in total. The molecule has 2 aromatic rings. The van der Waals surface area contributed by atoms with Crippen LogP contribution in [0.25, 0.3) is 0 Å². The number of aromatic carboxylic acids is 1. The second kappa shape index (κ2) is 3.91. The SMILES string of the molecule is CN1c2ccccc2Oc2cc(N)c(C(=O)O)cc21. The largest absolute Gasteiger partial charge is 0.478 e. The van der Waals surface area contributed by atoms with E-state index in [0.29, 0.717) is 11.4 Å². The highest BCUT2D eigenvalue weighted by molar-refractivity contribution is 5.97. The number of para-hydroxylation sites is 2. The van der Waals surface area contributed by atoms with Crippen LogP contribution < -0.4 is 15.4 Å². The summed E-state index contributed by atoms with van der Waals surface area (Å²) in [4.78, 5) is 13.0. The van der Waals surface area contributed by atoms with E-state index in [-0.39, 0.29) is 11.3 Å². The molecule has 0 amide bonds. The van der Waals surface area contributed by atoms with Crippen LogP contribution >= 0.6 is 0 Å². The minimum Gasteiger partial charge on any atom is -0.478 e. The predicted molar refractivity (Wildman–Crippen MR) is 72.4 cm³/mol. The van der Waals surface area contributed by atoms with Crippen LogP contribution in [0.2, 0.25) is 0 Å². The Morgan fingerprint density at radius 3 is 2.68 bits per heavy atom. The van der Waals surface area contributed by atoms with E-state index in [1.54, 1.807) is 6.07 Å². The lowest BCUT2D eigenvalue weighted by Gasteiger charge is -2.30. The normalized spacial score (nSPS) is 12.4. The van der Waals surface area contributed by atoms with E-state index >= 15 is 0 Å². The van der Waals surface area contributed by atoms with E-state index in [1.807, 2.05) is 36.2 Å². The van der Waals surface area contributed by atoms with Gasteiger partial charge in [-0.3, -0.25) is 0 Å². The van der Waals surface area contributed by atoms with Crippen LogP contribution in [0.15, 0.2) is 36.4 Å². The molecule has 0 atom stereocenters. The van der Waals surface area contributed by atoms with Gasteiger partial charge in [0.2, 0.25) is 0 Å². The van der Waals surface area contributed by atoms with E-state index in [2.05, 4.69) is 0 Å². The summed E-state index contributed by atoms with van der Waals surface area (Å²) in [6.07, 6.45) is 0. The summed E-state index contributed by atoms with van der Waals surface area (Å²) in [7, 11) is 1.86. The lowest BCUT2D eigenvalue weighted by Crippen LogP contribution is -2.17. The first-order valence-electron chi connectivity index (χ1n) is 5.75. The molecule has 96 valence electrons. The maximum atomic E-state index is 11.1. The van der Waals surface area contributed by atoms with Crippen LogP contribution in [0.1, 0.15) is 10.4 Å². The molecule has 0 aliphatic carbocycles. The van der Waals surface area contributed by atoms with Crippen molar-refractivity contribution >= 4 is 23.0 Å². The molecule has 2 aromatic carbocycles. The molecule has 0 radical (unpaired) electrons. The van der Waals surface area contributed by atoms with E-state index < -0.39 is 5.97 Å². The molecule has 0 bridgehead atoms. The Morgan fingerprint density at radius 1 is 1.21 bits per heavy atom. The van der Waals surface area contributed by atoms with Gasteiger partial charge in [0.15, 0.2) is 11.5 Å². The Balaban J connectivity index is 2.18. The Labute approximate surface area is 109 Å². The van der Waals surface area contributed by atoms with E-state index in [0.717, 1.165) is 11.4 Å². The van der Waals surface area contributed by atoms with E-state index in [1.165, 1.54) is 6.07 Å². The number of nitrogen functional groups attached to an aromatic ring is 1. The molecule has 5 heteroatoms. The van der Waals surface area contributed by atoms with Crippen molar-refractivity contribution in [2.24, 2.45) is 0 Å². The Hall–Kier alpha value is -2.69. The molecule has 0 fully saturated rings. The van der Waals surface area contributed by atoms with Crippen LogP contribution in [0.5, 0.6) is 11.5 Å². The van der Waals surface area contributed by atoms with Crippen molar-refractivity contribution in [1.82, 2.24) is 0 Å². The fourth-order valence-electron chi connectivity index (χ4n) is 2.18. The fourth-order valence-corrected chi connectivity index (χ4v) is 2.18. The monoisotopic (exact) mass is 256 g/mol. The number of hydrogen-bond donors (Lipinski definition) is 2. The number of nitrogens with zero attached hydrogens (tertiary/aromatic N) is 1. The quantitative estimate of drug-likeness (QED) is 0.767. The molecule has 19 heavy (non-hydrogen) atoms. The number of anilines is 3. The number of benzene rings is 2. The molecular weight excluding hydrogens is 244 g/mol. The minimum absolute atomic E-state index is 0.0774.